The summed E-state index contributed by atoms with van der Waals surface area (Å²) in [6.07, 6.45) is 1.67. The number of nitrogens with zero attached hydrogens (tertiary/aromatic N) is 3. The van der Waals surface area contributed by atoms with Gasteiger partial charge in [0.25, 0.3) is 0 Å². The Labute approximate surface area is 107 Å². The van der Waals surface area contributed by atoms with Crippen LogP contribution in [0.5, 0.6) is 0 Å². The van der Waals surface area contributed by atoms with Crippen molar-refractivity contribution in [3.8, 4) is 0 Å². The first-order valence-corrected chi connectivity index (χ1v) is 6.41. The molecule has 0 saturated carbocycles. The number of rotatable bonds is 6. The molecule has 1 rings (SSSR count). The van der Waals surface area contributed by atoms with Crippen LogP contribution in [-0.4, -0.2) is 20.7 Å². The zero-order valence-corrected chi connectivity index (χ0v) is 11.5. The third-order valence-corrected chi connectivity index (χ3v) is 3.30. The predicted octanol–water partition coefficient (Wildman–Crippen LogP) is 2.35. The second kappa shape index (κ2) is 5.95. The Hall–Kier alpha value is -1.43. The molecule has 1 heterocycles. The Morgan fingerprint density at radius 3 is 2.56 bits per heavy atom. The van der Waals surface area contributed by atoms with Crippen molar-refractivity contribution in [1.29, 1.82) is 0 Å². The van der Waals surface area contributed by atoms with Crippen LogP contribution < -0.4 is 5.73 Å². The minimum atomic E-state index is -0.345. The molecule has 1 aromatic heterocycles. The van der Waals surface area contributed by atoms with Crippen LogP contribution in [0.2, 0.25) is 0 Å². The summed E-state index contributed by atoms with van der Waals surface area (Å²) >= 11 is 0. The Morgan fingerprint density at radius 1 is 1.50 bits per heavy atom. The van der Waals surface area contributed by atoms with Crippen molar-refractivity contribution in [2.24, 2.45) is 5.73 Å². The molecule has 0 saturated heterocycles. The van der Waals surface area contributed by atoms with Crippen molar-refractivity contribution in [3.63, 3.8) is 0 Å². The van der Waals surface area contributed by atoms with Crippen LogP contribution in [0.3, 0.4) is 0 Å². The van der Waals surface area contributed by atoms with E-state index in [1.807, 2.05) is 20.8 Å². The minimum absolute atomic E-state index is 0.0665. The van der Waals surface area contributed by atoms with Crippen molar-refractivity contribution >= 4 is 5.69 Å². The van der Waals surface area contributed by atoms with Crippen LogP contribution in [0.1, 0.15) is 50.9 Å². The van der Waals surface area contributed by atoms with Gasteiger partial charge < -0.3 is 5.73 Å². The van der Waals surface area contributed by atoms with Crippen LogP contribution in [0.4, 0.5) is 5.69 Å². The molecule has 0 radical (unpaired) electrons. The third-order valence-electron chi connectivity index (χ3n) is 3.30. The molecule has 0 aliphatic rings. The number of hydrogen-bond donors (Lipinski definition) is 1. The average molecular weight is 254 g/mol. The van der Waals surface area contributed by atoms with Crippen LogP contribution in [0.25, 0.3) is 0 Å². The first kappa shape index (κ1) is 14.6. The van der Waals surface area contributed by atoms with E-state index in [1.165, 1.54) is 0 Å². The molecular formula is C12H22N4O2. The zero-order valence-electron chi connectivity index (χ0n) is 11.5. The topological polar surface area (TPSA) is 87.0 Å². The Bertz CT molecular complexity index is 428. The number of aromatic nitrogens is 2. The molecular weight excluding hydrogens is 232 g/mol. The average Bonchev–Trinajstić information content (AvgIpc) is 2.64. The van der Waals surface area contributed by atoms with Gasteiger partial charge in [-0.2, -0.15) is 5.10 Å². The molecule has 0 fully saturated rings. The van der Waals surface area contributed by atoms with Crippen LogP contribution >= 0.6 is 0 Å². The Kier molecular flexibility index (Phi) is 4.84. The maximum Gasteiger partial charge on any atom is 0.313 e. The first-order valence-electron chi connectivity index (χ1n) is 6.41. The molecule has 0 aromatic carbocycles. The van der Waals surface area contributed by atoms with Crippen molar-refractivity contribution in [3.05, 3.63) is 21.5 Å². The van der Waals surface area contributed by atoms with Gasteiger partial charge in [0.1, 0.15) is 11.4 Å². The number of aryl methyl sites for hydroxylation is 2. The molecule has 0 bridgehead atoms. The lowest BCUT2D eigenvalue weighted by Gasteiger charge is -2.19. The van der Waals surface area contributed by atoms with E-state index in [0.29, 0.717) is 17.9 Å². The summed E-state index contributed by atoms with van der Waals surface area (Å²) < 4.78 is 1.74. The normalized spacial score (nSPS) is 14.5. The lowest BCUT2D eigenvalue weighted by molar-refractivity contribution is -0.386. The van der Waals surface area contributed by atoms with Crippen molar-refractivity contribution in [2.45, 2.75) is 59.0 Å². The molecule has 0 spiro atoms. The molecule has 6 nitrogen and oxygen atoms in total. The molecule has 0 aliphatic carbocycles. The number of hydrogen-bond acceptors (Lipinski definition) is 4. The molecule has 0 amide bonds. The lowest BCUT2D eigenvalue weighted by Crippen LogP contribution is -2.28. The molecule has 1 aromatic rings. The fraction of sp³-hybridized carbons (Fsp3) is 0.750. The molecule has 102 valence electrons. The molecule has 18 heavy (non-hydrogen) atoms. The highest BCUT2D eigenvalue weighted by atomic mass is 16.6. The van der Waals surface area contributed by atoms with Crippen LogP contribution in [0.15, 0.2) is 0 Å². The van der Waals surface area contributed by atoms with Gasteiger partial charge in [-0.15, -0.1) is 0 Å². The first-order chi connectivity index (χ1) is 8.43. The molecule has 0 aliphatic heterocycles. The van der Waals surface area contributed by atoms with Gasteiger partial charge in [-0.25, -0.2) is 0 Å². The van der Waals surface area contributed by atoms with Gasteiger partial charge >= 0.3 is 5.69 Å². The maximum atomic E-state index is 11.2. The summed E-state index contributed by atoms with van der Waals surface area (Å²) in [7, 11) is 0. The minimum Gasteiger partial charge on any atom is -0.327 e. The quantitative estimate of drug-likeness (QED) is 0.623. The summed E-state index contributed by atoms with van der Waals surface area (Å²) in [6, 6.07) is -0.0876. The van der Waals surface area contributed by atoms with E-state index in [-0.39, 0.29) is 22.6 Å². The van der Waals surface area contributed by atoms with Gasteiger partial charge in [-0.1, -0.05) is 20.8 Å². The maximum absolute atomic E-state index is 11.2. The predicted molar refractivity (Wildman–Crippen MR) is 70.6 cm³/mol. The van der Waals surface area contributed by atoms with Gasteiger partial charge in [0.05, 0.1) is 4.92 Å². The van der Waals surface area contributed by atoms with E-state index >= 15 is 0 Å². The summed E-state index contributed by atoms with van der Waals surface area (Å²) in [4.78, 5) is 10.8. The SMILES string of the molecule is CCCn1nc(C)c([N+](=O)[O-])c1C(C)C(N)CC. The van der Waals surface area contributed by atoms with Gasteiger partial charge in [-0.3, -0.25) is 14.8 Å². The molecule has 6 heteroatoms. The van der Waals surface area contributed by atoms with Gasteiger partial charge in [0.2, 0.25) is 0 Å². The number of nitro groups is 1. The zero-order chi connectivity index (χ0) is 13.9. The molecule has 2 unspecified atom stereocenters. The van der Waals surface area contributed by atoms with Crippen LogP contribution in [0, 0.1) is 17.0 Å². The van der Waals surface area contributed by atoms with Crippen molar-refractivity contribution in [2.75, 3.05) is 0 Å². The van der Waals surface area contributed by atoms with Crippen molar-refractivity contribution < 1.29 is 4.92 Å². The fourth-order valence-corrected chi connectivity index (χ4v) is 2.20. The second-order valence-electron chi connectivity index (χ2n) is 4.66. The Morgan fingerprint density at radius 2 is 2.11 bits per heavy atom. The Balaban J connectivity index is 3.31. The largest absolute Gasteiger partial charge is 0.327 e. The van der Waals surface area contributed by atoms with Crippen LogP contribution in [-0.2, 0) is 6.54 Å². The smallest absolute Gasteiger partial charge is 0.313 e. The van der Waals surface area contributed by atoms with E-state index in [1.54, 1.807) is 11.6 Å². The highest BCUT2D eigenvalue weighted by molar-refractivity contribution is 5.43. The second-order valence-corrected chi connectivity index (χ2v) is 4.66. The van der Waals surface area contributed by atoms with Crippen molar-refractivity contribution in [1.82, 2.24) is 9.78 Å². The van der Waals surface area contributed by atoms with E-state index < -0.39 is 0 Å². The monoisotopic (exact) mass is 254 g/mol. The third kappa shape index (κ3) is 2.69. The van der Waals surface area contributed by atoms with Gasteiger partial charge in [0, 0.05) is 18.5 Å². The lowest BCUT2D eigenvalue weighted by atomic mass is 9.95. The van der Waals surface area contributed by atoms with E-state index in [9.17, 15) is 10.1 Å². The molecule has 2 atom stereocenters. The van der Waals surface area contributed by atoms with E-state index in [2.05, 4.69) is 5.10 Å². The molecule has 2 N–H and O–H groups in total. The highest BCUT2D eigenvalue weighted by Gasteiger charge is 2.30. The highest BCUT2D eigenvalue weighted by Crippen LogP contribution is 2.32. The summed E-state index contributed by atoms with van der Waals surface area (Å²) in [5.41, 5.74) is 7.28. The fourth-order valence-electron chi connectivity index (χ4n) is 2.20. The summed E-state index contributed by atoms with van der Waals surface area (Å²) in [5.74, 6) is -0.0665. The number of nitrogens with two attached hydrogens (primary N) is 1. The van der Waals surface area contributed by atoms with Gasteiger partial charge in [-0.05, 0) is 19.8 Å². The van der Waals surface area contributed by atoms with E-state index in [4.69, 9.17) is 5.73 Å². The van der Waals surface area contributed by atoms with Gasteiger partial charge in [0.15, 0.2) is 0 Å². The summed E-state index contributed by atoms with van der Waals surface area (Å²) in [5, 5.41) is 15.5. The van der Waals surface area contributed by atoms with E-state index in [0.717, 1.165) is 12.8 Å². The standard InChI is InChI=1S/C12H22N4O2/c1-5-7-15-11(8(3)10(13)6-2)12(16(17)18)9(4)14-15/h8,10H,5-7,13H2,1-4H3. The summed E-state index contributed by atoms with van der Waals surface area (Å²) in [6.45, 7) is 8.31.